The number of halogens is 3. The molecule has 0 aliphatic carbocycles. The highest BCUT2D eigenvalue weighted by molar-refractivity contribution is 6.04. The van der Waals surface area contributed by atoms with Crippen molar-refractivity contribution < 1.29 is 18.0 Å². The van der Waals surface area contributed by atoms with Gasteiger partial charge in [0.2, 0.25) is 0 Å². The molecule has 0 unspecified atom stereocenters. The van der Waals surface area contributed by atoms with E-state index in [9.17, 15) is 18.0 Å². The van der Waals surface area contributed by atoms with Crippen LogP contribution < -0.4 is 5.32 Å². The molecule has 3 heterocycles. The lowest BCUT2D eigenvalue weighted by Gasteiger charge is -2.11. The number of rotatable bonds is 4. The Morgan fingerprint density at radius 2 is 1.75 bits per heavy atom. The zero-order valence-corrected chi connectivity index (χ0v) is 19.5. The van der Waals surface area contributed by atoms with Gasteiger partial charge >= 0.3 is 6.18 Å². The number of hydrogen-bond acceptors (Lipinski definition) is 5. The van der Waals surface area contributed by atoms with Gasteiger partial charge in [-0.2, -0.15) is 28.1 Å². The summed E-state index contributed by atoms with van der Waals surface area (Å²) >= 11 is 0. The summed E-state index contributed by atoms with van der Waals surface area (Å²) in [6, 6.07) is 11.8. The van der Waals surface area contributed by atoms with E-state index in [2.05, 4.69) is 25.5 Å². The Kier molecular flexibility index (Phi) is 5.54. The first-order chi connectivity index (χ1) is 17.1. The minimum absolute atomic E-state index is 0.134. The molecule has 5 aromatic rings. The summed E-state index contributed by atoms with van der Waals surface area (Å²) in [7, 11) is 0. The topological polar surface area (TPSA) is 90.5 Å². The Labute approximate surface area is 203 Å². The van der Waals surface area contributed by atoms with Gasteiger partial charge < -0.3 is 5.32 Å². The van der Waals surface area contributed by atoms with Crippen molar-refractivity contribution in [3.8, 4) is 11.5 Å². The van der Waals surface area contributed by atoms with Crippen LogP contribution in [0.1, 0.15) is 32.7 Å². The SMILES string of the molecule is Cc1cc(NC(=O)c2cccc(C(F)(F)F)c2)n(-c2ncnc3c2cnn3-c2ccc(C)c(C)c2)n1. The minimum atomic E-state index is -4.56. The fraction of sp³-hybridized carbons (Fsp3) is 0.160. The Morgan fingerprint density at radius 3 is 2.50 bits per heavy atom. The molecule has 0 aliphatic rings. The molecule has 182 valence electrons. The third kappa shape index (κ3) is 4.19. The Morgan fingerprint density at radius 1 is 0.944 bits per heavy atom. The van der Waals surface area contributed by atoms with Crippen LogP contribution >= 0.6 is 0 Å². The van der Waals surface area contributed by atoms with E-state index < -0.39 is 17.6 Å². The van der Waals surface area contributed by atoms with Crippen molar-refractivity contribution in [3.05, 3.63) is 89.0 Å². The molecule has 0 saturated carbocycles. The van der Waals surface area contributed by atoms with Crippen molar-refractivity contribution in [1.82, 2.24) is 29.5 Å². The maximum atomic E-state index is 13.1. The van der Waals surface area contributed by atoms with Crippen LogP contribution in [0.4, 0.5) is 19.0 Å². The van der Waals surface area contributed by atoms with Crippen molar-refractivity contribution in [2.45, 2.75) is 26.9 Å². The first-order valence-electron chi connectivity index (χ1n) is 10.9. The number of aryl methyl sites for hydroxylation is 3. The van der Waals surface area contributed by atoms with Crippen molar-refractivity contribution in [1.29, 1.82) is 0 Å². The van der Waals surface area contributed by atoms with Gasteiger partial charge in [0.1, 0.15) is 12.1 Å². The van der Waals surface area contributed by atoms with E-state index in [1.807, 2.05) is 32.0 Å². The summed E-state index contributed by atoms with van der Waals surface area (Å²) in [6.45, 7) is 5.76. The number of anilines is 1. The molecule has 0 spiro atoms. The third-order valence-electron chi connectivity index (χ3n) is 5.81. The molecule has 0 atom stereocenters. The number of benzene rings is 2. The van der Waals surface area contributed by atoms with E-state index in [0.717, 1.165) is 28.9 Å². The van der Waals surface area contributed by atoms with Gasteiger partial charge in [-0.3, -0.25) is 4.79 Å². The number of hydrogen-bond donors (Lipinski definition) is 1. The summed E-state index contributed by atoms with van der Waals surface area (Å²) in [5.41, 5.74) is 3.15. The molecular weight excluding hydrogens is 471 g/mol. The van der Waals surface area contributed by atoms with Crippen LogP contribution in [0, 0.1) is 20.8 Å². The van der Waals surface area contributed by atoms with Crippen molar-refractivity contribution in [3.63, 3.8) is 0 Å². The largest absolute Gasteiger partial charge is 0.416 e. The molecule has 0 radical (unpaired) electrons. The van der Waals surface area contributed by atoms with Crippen LogP contribution in [0.15, 0.2) is 61.1 Å². The third-order valence-corrected chi connectivity index (χ3v) is 5.81. The number of aromatic nitrogens is 6. The molecule has 0 bridgehead atoms. The van der Waals surface area contributed by atoms with Crippen LogP contribution in [0.2, 0.25) is 0 Å². The fourth-order valence-electron chi connectivity index (χ4n) is 3.82. The van der Waals surface area contributed by atoms with Gasteiger partial charge in [-0.25, -0.2) is 14.6 Å². The highest BCUT2D eigenvalue weighted by Gasteiger charge is 2.31. The second-order valence-corrected chi connectivity index (χ2v) is 8.37. The van der Waals surface area contributed by atoms with Crippen molar-refractivity contribution in [2.24, 2.45) is 0 Å². The maximum Gasteiger partial charge on any atom is 0.416 e. The zero-order chi connectivity index (χ0) is 25.6. The molecular formula is C25H20F3N7O. The number of carbonyl (C=O) groups excluding carboxylic acids is 1. The zero-order valence-electron chi connectivity index (χ0n) is 19.5. The molecule has 8 nitrogen and oxygen atoms in total. The van der Waals surface area contributed by atoms with Crippen LogP contribution in [0.5, 0.6) is 0 Å². The molecule has 1 N–H and O–H groups in total. The number of nitrogens with zero attached hydrogens (tertiary/aromatic N) is 6. The van der Waals surface area contributed by atoms with Gasteiger partial charge in [0.15, 0.2) is 11.5 Å². The van der Waals surface area contributed by atoms with Gasteiger partial charge in [0.25, 0.3) is 5.91 Å². The monoisotopic (exact) mass is 491 g/mol. The van der Waals surface area contributed by atoms with E-state index in [1.165, 1.54) is 23.1 Å². The highest BCUT2D eigenvalue weighted by Crippen LogP contribution is 2.30. The van der Waals surface area contributed by atoms with E-state index in [1.54, 1.807) is 23.9 Å². The van der Waals surface area contributed by atoms with Crippen LogP contribution in [0.25, 0.3) is 22.5 Å². The molecule has 1 amide bonds. The van der Waals surface area contributed by atoms with Gasteiger partial charge in [-0.05, 0) is 62.2 Å². The number of fused-ring (bicyclic) bond motifs is 1. The first kappa shape index (κ1) is 23.2. The van der Waals surface area contributed by atoms with E-state index >= 15 is 0 Å². The molecule has 0 saturated heterocycles. The molecule has 36 heavy (non-hydrogen) atoms. The second-order valence-electron chi connectivity index (χ2n) is 8.37. The lowest BCUT2D eigenvalue weighted by Crippen LogP contribution is -2.17. The number of amides is 1. The average Bonchev–Trinajstić information content (AvgIpc) is 3.43. The highest BCUT2D eigenvalue weighted by atomic mass is 19.4. The fourth-order valence-corrected chi connectivity index (χ4v) is 3.82. The van der Waals surface area contributed by atoms with Gasteiger partial charge in [0, 0.05) is 11.6 Å². The Balaban J connectivity index is 1.53. The summed E-state index contributed by atoms with van der Waals surface area (Å²) in [5, 5.41) is 12.1. The van der Waals surface area contributed by atoms with Crippen molar-refractivity contribution in [2.75, 3.05) is 5.32 Å². The smallest absolute Gasteiger partial charge is 0.306 e. The number of alkyl halides is 3. The first-order valence-corrected chi connectivity index (χ1v) is 10.9. The number of nitrogens with one attached hydrogen (secondary N) is 1. The molecule has 0 aliphatic heterocycles. The molecule has 11 heteroatoms. The van der Waals surface area contributed by atoms with Crippen molar-refractivity contribution >= 4 is 22.8 Å². The molecule has 0 fully saturated rings. The van der Waals surface area contributed by atoms with Gasteiger partial charge in [-0.1, -0.05) is 12.1 Å². The predicted octanol–water partition coefficient (Wildman–Crippen LogP) is 5.20. The Hall–Kier alpha value is -4.54. The molecule has 3 aromatic heterocycles. The maximum absolute atomic E-state index is 13.1. The van der Waals surface area contributed by atoms with Crippen LogP contribution in [-0.2, 0) is 6.18 Å². The van der Waals surface area contributed by atoms with Crippen LogP contribution in [0.3, 0.4) is 0 Å². The van der Waals surface area contributed by atoms with Crippen LogP contribution in [-0.4, -0.2) is 35.4 Å². The van der Waals surface area contributed by atoms with Gasteiger partial charge in [0.05, 0.1) is 28.5 Å². The molecule has 5 rings (SSSR count). The van der Waals surface area contributed by atoms with E-state index in [4.69, 9.17) is 0 Å². The average molecular weight is 491 g/mol. The lowest BCUT2D eigenvalue weighted by molar-refractivity contribution is -0.137. The molecule has 2 aromatic carbocycles. The normalized spacial score (nSPS) is 11.7. The van der Waals surface area contributed by atoms with E-state index in [-0.39, 0.29) is 11.4 Å². The number of carbonyl (C=O) groups is 1. The predicted molar refractivity (Wildman–Crippen MR) is 127 cm³/mol. The van der Waals surface area contributed by atoms with E-state index in [0.29, 0.717) is 22.5 Å². The quantitative estimate of drug-likeness (QED) is 0.373. The lowest BCUT2D eigenvalue weighted by atomic mass is 10.1. The second kappa shape index (κ2) is 8.59. The van der Waals surface area contributed by atoms with Gasteiger partial charge in [-0.15, -0.1) is 0 Å². The minimum Gasteiger partial charge on any atom is -0.306 e. The summed E-state index contributed by atoms with van der Waals surface area (Å²) < 4.78 is 42.4. The standard InChI is InChI=1S/C25H20F3N7O/c1-14-7-8-19(9-15(14)2)34-22-20(12-31-34)23(30-13-29-22)35-21(10-16(3)33-35)32-24(36)17-5-4-6-18(11-17)25(26,27)28/h4-13H,1-3H3,(H,32,36). The summed E-state index contributed by atoms with van der Waals surface area (Å²) in [4.78, 5) is 21.6. The summed E-state index contributed by atoms with van der Waals surface area (Å²) in [5.74, 6) is -0.102. The Bertz CT molecular complexity index is 1620. The summed E-state index contributed by atoms with van der Waals surface area (Å²) in [6.07, 6.45) is -1.58.